The summed E-state index contributed by atoms with van der Waals surface area (Å²) in [6.45, 7) is 7.20. The van der Waals surface area contributed by atoms with E-state index in [9.17, 15) is 13.2 Å². The van der Waals surface area contributed by atoms with Gasteiger partial charge in [-0.1, -0.05) is 0 Å². The molecular weight excluding hydrogens is 358 g/mol. The number of benzene rings is 1. The van der Waals surface area contributed by atoms with Gasteiger partial charge >= 0.3 is 0 Å². The number of rotatable bonds is 9. The van der Waals surface area contributed by atoms with E-state index in [-0.39, 0.29) is 23.3 Å². The summed E-state index contributed by atoms with van der Waals surface area (Å²) in [6.07, 6.45) is 0.584. The van der Waals surface area contributed by atoms with Gasteiger partial charge in [0.15, 0.2) is 21.3 Å². The first-order valence-corrected chi connectivity index (χ1v) is 10.8. The third kappa shape index (κ3) is 5.27. The Morgan fingerprint density at radius 1 is 1.08 bits per heavy atom. The fourth-order valence-electron chi connectivity index (χ4n) is 2.89. The van der Waals surface area contributed by atoms with Gasteiger partial charge in [-0.3, -0.25) is 4.79 Å². The second-order valence-electron chi connectivity index (χ2n) is 6.08. The first-order valence-electron chi connectivity index (χ1n) is 8.95. The average Bonchev–Trinajstić information content (AvgIpc) is 2.94. The van der Waals surface area contributed by atoms with Crippen molar-refractivity contribution in [3.63, 3.8) is 0 Å². The summed E-state index contributed by atoms with van der Waals surface area (Å²) in [5, 5.41) is 2.81. The largest absolute Gasteiger partial charge is 0.490 e. The summed E-state index contributed by atoms with van der Waals surface area (Å²) >= 11 is 0. The smallest absolute Gasteiger partial charge is 0.251 e. The molecule has 1 aliphatic rings. The van der Waals surface area contributed by atoms with Crippen LogP contribution in [-0.2, 0) is 9.84 Å². The van der Waals surface area contributed by atoms with Crippen LogP contribution in [0.25, 0.3) is 0 Å². The van der Waals surface area contributed by atoms with Gasteiger partial charge < -0.3 is 19.5 Å². The van der Waals surface area contributed by atoms with Gasteiger partial charge in [-0.15, -0.1) is 0 Å². The predicted molar refractivity (Wildman–Crippen MR) is 99.0 cm³/mol. The molecule has 1 unspecified atom stereocenters. The van der Waals surface area contributed by atoms with Gasteiger partial charge in [-0.05, 0) is 45.2 Å². The summed E-state index contributed by atoms with van der Waals surface area (Å²) in [4.78, 5) is 12.5. The molecule has 1 saturated heterocycles. The van der Waals surface area contributed by atoms with Gasteiger partial charge in [0.2, 0.25) is 5.75 Å². The van der Waals surface area contributed by atoms with Crippen LogP contribution in [0.15, 0.2) is 12.1 Å². The second-order valence-corrected chi connectivity index (χ2v) is 8.31. The van der Waals surface area contributed by atoms with Gasteiger partial charge in [-0.25, -0.2) is 8.42 Å². The van der Waals surface area contributed by atoms with Crippen LogP contribution < -0.4 is 19.5 Å². The molecule has 0 spiro atoms. The van der Waals surface area contributed by atoms with E-state index < -0.39 is 9.84 Å². The van der Waals surface area contributed by atoms with Crippen LogP contribution in [0.3, 0.4) is 0 Å². The SMILES string of the molecule is CCOc1cc(C(=O)NCC2CCS(=O)(=O)C2)cc(OCC)c1OCC. The van der Waals surface area contributed by atoms with Gasteiger partial charge in [-0.2, -0.15) is 0 Å². The van der Waals surface area contributed by atoms with E-state index in [4.69, 9.17) is 14.2 Å². The zero-order valence-corrected chi connectivity index (χ0v) is 16.4. The minimum absolute atomic E-state index is 0.0376. The summed E-state index contributed by atoms with van der Waals surface area (Å²) in [6, 6.07) is 3.25. The first-order chi connectivity index (χ1) is 12.4. The third-order valence-corrected chi connectivity index (χ3v) is 5.89. The lowest BCUT2D eigenvalue weighted by Gasteiger charge is -2.17. The number of amides is 1. The van der Waals surface area contributed by atoms with E-state index in [2.05, 4.69) is 5.32 Å². The second kappa shape index (κ2) is 9.12. The summed E-state index contributed by atoms with van der Waals surface area (Å²) in [5.41, 5.74) is 0.390. The molecule has 146 valence electrons. The number of hydrogen-bond acceptors (Lipinski definition) is 6. The lowest BCUT2D eigenvalue weighted by molar-refractivity contribution is 0.0947. The van der Waals surface area contributed by atoms with Crippen molar-refractivity contribution in [1.82, 2.24) is 5.32 Å². The molecule has 26 heavy (non-hydrogen) atoms. The summed E-state index contributed by atoms with van der Waals surface area (Å²) in [7, 11) is -2.96. The molecule has 0 radical (unpaired) electrons. The Balaban J connectivity index is 2.17. The zero-order chi connectivity index (χ0) is 19.2. The fraction of sp³-hybridized carbons (Fsp3) is 0.611. The van der Waals surface area contributed by atoms with E-state index >= 15 is 0 Å². The van der Waals surface area contributed by atoms with Crippen LogP contribution >= 0.6 is 0 Å². The van der Waals surface area contributed by atoms with Crippen molar-refractivity contribution in [3.8, 4) is 17.2 Å². The molecule has 0 saturated carbocycles. The number of carbonyl (C=O) groups excluding carboxylic acids is 1. The molecule has 1 heterocycles. The van der Waals surface area contributed by atoms with Crippen LogP contribution in [0, 0.1) is 5.92 Å². The highest BCUT2D eigenvalue weighted by Gasteiger charge is 2.28. The number of nitrogens with one attached hydrogen (secondary N) is 1. The normalized spacial score (nSPS) is 18.3. The minimum Gasteiger partial charge on any atom is -0.490 e. The van der Waals surface area contributed by atoms with Crippen LogP contribution in [0.2, 0.25) is 0 Å². The van der Waals surface area contributed by atoms with Crippen LogP contribution in [0.5, 0.6) is 17.2 Å². The average molecular weight is 385 g/mol. The van der Waals surface area contributed by atoms with Crippen molar-refractivity contribution in [3.05, 3.63) is 17.7 Å². The summed E-state index contributed by atoms with van der Waals surface area (Å²) in [5.74, 6) is 1.38. The highest BCUT2D eigenvalue weighted by Crippen LogP contribution is 2.39. The minimum atomic E-state index is -2.96. The maximum absolute atomic E-state index is 12.5. The maximum atomic E-state index is 12.5. The summed E-state index contributed by atoms with van der Waals surface area (Å²) < 4.78 is 39.9. The van der Waals surface area contributed by atoms with Gasteiger partial charge in [0.05, 0.1) is 31.3 Å². The van der Waals surface area contributed by atoms with Crippen LogP contribution in [0.4, 0.5) is 0 Å². The highest BCUT2D eigenvalue weighted by atomic mass is 32.2. The predicted octanol–water partition coefficient (Wildman–Crippen LogP) is 2.05. The van der Waals surface area contributed by atoms with Gasteiger partial charge in [0.1, 0.15) is 0 Å². The number of sulfone groups is 1. The molecule has 0 bridgehead atoms. The van der Waals surface area contributed by atoms with Crippen molar-refractivity contribution in [2.45, 2.75) is 27.2 Å². The molecule has 0 aliphatic carbocycles. The standard InChI is InChI=1S/C18H27NO6S/c1-4-23-15-9-14(10-16(24-5-2)17(15)25-6-3)18(20)19-11-13-7-8-26(21,22)12-13/h9-10,13H,4-8,11-12H2,1-3H3,(H,19,20). The molecule has 7 nitrogen and oxygen atoms in total. The Morgan fingerprint density at radius 3 is 2.12 bits per heavy atom. The highest BCUT2D eigenvalue weighted by molar-refractivity contribution is 7.91. The van der Waals surface area contributed by atoms with Crippen LogP contribution in [0.1, 0.15) is 37.6 Å². The van der Waals surface area contributed by atoms with E-state index in [1.807, 2.05) is 20.8 Å². The molecule has 1 aliphatic heterocycles. The molecule has 1 atom stereocenters. The Hall–Kier alpha value is -1.96. The Labute approximate surface area is 154 Å². The van der Waals surface area contributed by atoms with E-state index in [0.717, 1.165) is 0 Å². The molecule has 0 aromatic heterocycles. The van der Waals surface area contributed by atoms with Crippen molar-refractivity contribution in [1.29, 1.82) is 0 Å². The monoisotopic (exact) mass is 385 g/mol. The van der Waals surface area contributed by atoms with Crippen LogP contribution in [-0.4, -0.2) is 52.2 Å². The number of carbonyl (C=O) groups is 1. The Kier molecular flexibility index (Phi) is 7.14. The molecule has 1 amide bonds. The van der Waals surface area contributed by atoms with E-state index in [0.29, 0.717) is 55.6 Å². The zero-order valence-electron chi connectivity index (χ0n) is 15.5. The van der Waals surface area contributed by atoms with Crippen molar-refractivity contribution >= 4 is 15.7 Å². The maximum Gasteiger partial charge on any atom is 0.251 e. The van der Waals surface area contributed by atoms with Crippen molar-refractivity contribution in [2.24, 2.45) is 5.92 Å². The molecule has 1 fully saturated rings. The quantitative estimate of drug-likeness (QED) is 0.700. The third-order valence-electron chi connectivity index (χ3n) is 4.05. The number of ether oxygens (including phenoxy) is 3. The molecule has 1 aromatic rings. The van der Waals surface area contributed by atoms with Crippen molar-refractivity contribution < 1.29 is 27.4 Å². The van der Waals surface area contributed by atoms with Gasteiger partial charge in [0.25, 0.3) is 5.91 Å². The molecule has 2 rings (SSSR count). The molecular formula is C18H27NO6S. The van der Waals surface area contributed by atoms with Crippen molar-refractivity contribution in [2.75, 3.05) is 37.9 Å². The molecule has 8 heteroatoms. The van der Waals surface area contributed by atoms with Gasteiger partial charge in [0, 0.05) is 12.1 Å². The lowest BCUT2D eigenvalue weighted by Crippen LogP contribution is -2.29. The number of hydrogen-bond donors (Lipinski definition) is 1. The van der Waals surface area contributed by atoms with E-state index in [1.165, 1.54) is 0 Å². The Morgan fingerprint density at radius 2 is 1.65 bits per heavy atom. The van der Waals surface area contributed by atoms with E-state index in [1.54, 1.807) is 12.1 Å². The Bertz CT molecular complexity index is 704. The first kappa shape index (κ1) is 20.4. The molecule has 1 N–H and O–H groups in total. The lowest BCUT2D eigenvalue weighted by atomic mass is 10.1. The molecule has 1 aromatic carbocycles. The topological polar surface area (TPSA) is 90.9 Å². The fourth-order valence-corrected chi connectivity index (χ4v) is 4.75.